The second kappa shape index (κ2) is 7.51. The first-order chi connectivity index (χ1) is 14.3. The summed E-state index contributed by atoms with van der Waals surface area (Å²) in [6.45, 7) is -0.781. The van der Waals surface area contributed by atoms with Crippen LogP contribution in [0.5, 0.6) is 5.88 Å². The molecule has 1 saturated heterocycles. The number of imidazole rings is 1. The number of nitro groups is 1. The number of alkyl halides is 2. The molecule has 3 heterocycles. The molecule has 13 heteroatoms. The van der Waals surface area contributed by atoms with Gasteiger partial charge in [-0.15, -0.1) is 0 Å². The van der Waals surface area contributed by atoms with Gasteiger partial charge in [0.2, 0.25) is 12.1 Å². The van der Waals surface area contributed by atoms with Crippen LogP contribution in [0.2, 0.25) is 0 Å². The minimum absolute atomic E-state index is 0.00163. The van der Waals surface area contributed by atoms with E-state index in [0.717, 1.165) is 17.2 Å². The lowest BCUT2D eigenvalue weighted by Gasteiger charge is -2.20. The van der Waals surface area contributed by atoms with Crippen molar-refractivity contribution in [2.45, 2.75) is 31.0 Å². The summed E-state index contributed by atoms with van der Waals surface area (Å²) in [6, 6.07) is 5.67. The Morgan fingerprint density at radius 2 is 2.00 bits per heavy atom. The van der Waals surface area contributed by atoms with E-state index in [9.17, 15) is 24.0 Å². The van der Waals surface area contributed by atoms with Gasteiger partial charge in [-0.3, -0.25) is 14.7 Å². The molecule has 0 unspecified atom stereocenters. The number of non-ortho nitro benzene ring substituents is 1. The van der Waals surface area contributed by atoms with Gasteiger partial charge in [0.1, 0.15) is 19.0 Å². The fourth-order valence-corrected chi connectivity index (χ4v) is 3.09. The number of nitro benzene ring substituents is 1. The molecule has 11 nitrogen and oxygen atoms in total. The van der Waals surface area contributed by atoms with Crippen LogP contribution in [0.25, 0.3) is 11.2 Å². The summed E-state index contributed by atoms with van der Waals surface area (Å²) in [6.07, 6.45) is -3.42. The topological polar surface area (TPSA) is 146 Å². The average molecular weight is 423 g/mol. The Kier molecular flexibility index (Phi) is 5.01. The van der Waals surface area contributed by atoms with Crippen LogP contribution in [0.4, 0.5) is 14.5 Å². The Labute approximate surface area is 166 Å². The number of aromatic nitrogens is 4. The molecule has 3 aromatic rings. The number of aliphatic hydroxyl groups is 2. The Bertz CT molecular complexity index is 1080. The molecule has 2 N–H and O–H groups in total. The molecule has 1 fully saturated rings. The SMILES string of the molecule is O=[N+]([O-])c1ccc(COc2ncnc3c2ncn3[C@@H]2O[C@H](CO)[C@@H](O)C2(F)F)cc1. The third-order valence-corrected chi connectivity index (χ3v) is 4.66. The standard InChI is InChI=1S/C17H15F2N5O6/c18-17(19)13(26)11(5-25)30-16(17)23-8-22-12-14(23)20-7-21-15(12)29-6-9-1-3-10(4-2-9)24(27)28/h1-4,7-8,11,13,16,25-26H,5-6H2/t11-,13-,16-/m1/s1. The highest BCUT2D eigenvalue weighted by Crippen LogP contribution is 2.43. The van der Waals surface area contributed by atoms with Crippen LogP contribution in [-0.4, -0.2) is 59.4 Å². The van der Waals surface area contributed by atoms with Gasteiger partial charge < -0.3 is 19.7 Å². The molecule has 0 aliphatic carbocycles. The van der Waals surface area contributed by atoms with Crippen molar-refractivity contribution in [3.05, 3.63) is 52.6 Å². The Hall–Kier alpha value is -3.29. The molecule has 0 bridgehead atoms. The summed E-state index contributed by atoms with van der Waals surface area (Å²) < 4.78 is 40.5. The van der Waals surface area contributed by atoms with Crippen LogP contribution in [0.3, 0.4) is 0 Å². The monoisotopic (exact) mass is 423 g/mol. The number of aliphatic hydroxyl groups excluding tert-OH is 2. The van der Waals surface area contributed by atoms with Crippen LogP contribution in [0.1, 0.15) is 11.8 Å². The van der Waals surface area contributed by atoms with E-state index in [2.05, 4.69) is 15.0 Å². The van der Waals surface area contributed by atoms with E-state index in [1.807, 2.05) is 0 Å². The third-order valence-electron chi connectivity index (χ3n) is 4.66. The molecular weight excluding hydrogens is 408 g/mol. The van der Waals surface area contributed by atoms with Gasteiger partial charge in [0.05, 0.1) is 17.9 Å². The van der Waals surface area contributed by atoms with E-state index in [-0.39, 0.29) is 29.3 Å². The fourth-order valence-electron chi connectivity index (χ4n) is 3.09. The quantitative estimate of drug-likeness (QED) is 0.441. The third kappa shape index (κ3) is 3.32. The maximum Gasteiger partial charge on any atom is 0.320 e. The first kappa shape index (κ1) is 20.0. The zero-order valence-corrected chi connectivity index (χ0v) is 15.1. The van der Waals surface area contributed by atoms with Crippen molar-refractivity contribution in [3.63, 3.8) is 0 Å². The number of rotatable bonds is 6. The van der Waals surface area contributed by atoms with Gasteiger partial charge >= 0.3 is 5.92 Å². The average Bonchev–Trinajstić information content (AvgIpc) is 3.25. The largest absolute Gasteiger partial charge is 0.471 e. The molecule has 158 valence electrons. The lowest BCUT2D eigenvalue weighted by atomic mass is 10.1. The summed E-state index contributed by atoms with van der Waals surface area (Å²) in [5.74, 6) is -3.68. The maximum atomic E-state index is 14.4. The van der Waals surface area contributed by atoms with Gasteiger partial charge in [-0.25, -0.2) is 9.97 Å². The smallest absolute Gasteiger partial charge is 0.320 e. The molecule has 1 aliphatic heterocycles. The second-order valence-corrected chi connectivity index (χ2v) is 6.54. The van der Waals surface area contributed by atoms with Crippen molar-refractivity contribution in [2.75, 3.05) is 6.61 Å². The Balaban J connectivity index is 1.59. The van der Waals surface area contributed by atoms with E-state index in [0.29, 0.717) is 5.56 Å². The van der Waals surface area contributed by atoms with Crippen molar-refractivity contribution < 1.29 is 33.4 Å². The second-order valence-electron chi connectivity index (χ2n) is 6.54. The van der Waals surface area contributed by atoms with Crippen LogP contribution in [0, 0.1) is 10.1 Å². The predicted molar refractivity (Wildman–Crippen MR) is 94.7 cm³/mol. The maximum absolute atomic E-state index is 14.4. The van der Waals surface area contributed by atoms with E-state index in [1.54, 1.807) is 0 Å². The zero-order chi connectivity index (χ0) is 21.5. The van der Waals surface area contributed by atoms with Gasteiger partial charge in [0.15, 0.2) is 17.3 Å². The number of nitrogens with zero attached hydrogens (tertiary/aromatic N) is 5. The molecule has 0 spiro atoms. The van der Waals surface area contributed by atoms with E-state index >= 15 is 0 Å². The summed E-state index contributed by atoms with van der Waals surface area (Å²) >= 11 is 0. The van der Waals surface area contributed by atoms with Crippen LogP contribution >= 0.6 is 0 Å². The molecule has 1 aliphatic rings. The fraction of sp³-hybridized carbons (Fsp3) is 0.353. The molecule has 1 aromatic carbocycles. The normalized spacial score (nSPS) is 23.0. The van der Waals surface area contributed by atoms with Gasteiger partial charge in [-0.2, -0.15) is 13.8 Å². The molecule has 2 aromatic heterocycles. The number of hydrogen-bond acceptors (Lipinski definition) is 9. The van der Waals surface area contributed by atoms with Gasteiger partial charge in [-0.05, 0) is 17.7 Å². The Morgan fingerprint density at radius 1 is 1.27 bits per heavy atom. The van der Waals surface area contributed by atoms with Crippen molar-refractivity contribution in [1.82, 2.24) is 19.5 Å². The zero-order valence-electron chi connectivity index (χ0n) is 15.1. The molecule has 30 heavy (non-hydrogen) atoms. The molecular formula is C17H15F2N5O6. The first-order valence-electron chi connectivity index (χ1n) is 8.68. The van der Waals surface area contributed by atoms with E-state index in [4.69, 9.17) is 14.6 Å². The number of fused-ring (bicyclic) bond motifs is 1. The highest BCUT2D eigenvalue weighted by molar-refractivity contribution is 5.76. The number of benzene rings is 1. The highest BCUT2D eigenvalue weighted by Gasteiger charge is 2.59. The first-order valence-corrected chi connectivity index (χ1v) is 8.68. The van der Waals surface area contributed by atoms with Crippen LogP contribution in [-0.2, 0) is 11.3 Å². The van der Waals surface area contributed by atoms with Crippen molar-refractivity contribution in [1.29, 1.82) is 0 Å². The van der Waals surface area contributed by atoms with Gasteiger partial charge in [0, 0.05) is 12.1 Å². The van der Waals surface area contributed by atoms with E-state index < -0.39 is 35.9 Å². The number of halogens is 2. The number of ether oxygens (including phenoxy) is 2. The van der Waals surface area contributed by atoms with Crippen LogP contribution in [0.15, 0.2) is 36.9 Å². The van der Waals surface area contributed by atoms with Crippen molar-refractivity contribution in [2.24, 2.45) is 0 Å². The molecule has 0 amide bonds. The molecule has 4 rings (SSSR count). The van der Waals surface area contributed by atoms with Crippen LogP contribution < -0.4 is 4.74 Å². The summed E-state index contributed by atoms with van der Waals surface area (Å²) in [4.78, 5) is 22.1. The van der Waals surface area contributed by atoms with E-state index in [1.165, 1.54) is 24.3 Å². The van der Waals surface area contributed by atoms with Crippen molar-refractivity contribution in [3.8, 4) is 5.88 Å². The lowest BCUT2D eigenvalue weighted by molar-refractivity contribution is -0.384. The summed E-state index contributed by atoms with van der Waals surface area (Å²) in [7, 11) is 0. The van der Waals surface area contributed by atoms with Gasteiger partial charge in [0.25, 0.3) is 5.69 Å². The minimum Gasteiger partial charge on any atom is -0.471 e. The minimum atomic E-state index is -3.69. The summed E-state index contributed by atoms with van der Waals surface area (Å²) in [5.41, 5.74) is 0.620. The molecule has 0 radical (unpaired) electrons. The Morgan fingerprint density at radius 3 is 2.63 bits per heavy atom. The summed E-state index contributed by atoms with van der Waals surface area (Å²) in [5, 5.41) is 29.6. The highest BCUT2D eigenvalue weighted by atomic mass is 19.3. The van der Waals surface area contributed by atoms with Gasteiger partial charge in [-0.1, -0.05) is 0 Å². The molecule has 0 saturated carbocycles. The molecule has 3 atom stereocenters. The lowest BCUT2D eigenvalue weighted by Crippen LogP contribution is -2.39. The number of hydrogen-bond donors (Lipinski definition) is 2. The predicted octanol–water partition coefficient (Wildman–Crippen LogP) is 1.20. The van der Waals surface area contributed by atoms with Crippen molar-refractivity contribution >= 4 is 16.9 Å².